The Hall–Kier alpha value is -2.17. The van der Waals surface area contributed by atoms with Gasteiger partial charge in [0.1, 0.15) is 11.4 Å². The maximum atomic E-state index is 13.8. The number of unbranched alkanes of at least 4 members (excludes halogenated alkanes) is 1. The van der Waals surface area contributed by atoms with Crippen LogP contribution in [0.1, 0.15) is 70.2 Å². The van der Waals surface area contributed by atoms with E-state index in [9.17, 15) is 14.0 Å². The quantitative estimate of drug-likeness (QED) is 0.780. The number of nitrogens with zero attached hydrogens (tertiary/aromatic N) is 1. The van der Waals surface area contributed by atoms with Crippen molar-refractivity contribution in [2.45, 2.75) is 72.4 Å². The van der Waals surface area contributed by atoms with E-state index < -0.39 is 0 Å². The van der Waals surface area contributed by atoms with E-state index in [1.807, 2.05) is 4.57 Å². The lowest BCUT2D eigenvalue weighted by atomic mass is 9.68. The summed E-state index contributed by atoms with van der Waals surface area (Å²) in [4.78, 5) is 26.4. The number of hydrogen-bond acceptors (Lipinski definition) is 2. The fraction of sp³-hybridized carbons (Fsp3) is 0.583. The SMILES string of the molecule is CCCCn1cc(C(=O)N[C@@H]2C(C)(C)[C@H]3CC[C@]2(C)C3)c(=O)c2ccc(F)cc21. The van der Waals surface area contributed by atoms with E-state index in [1.165, 1.54) is 24.6 Å². The first-order valence-electron chi connectivity index (χ1n) is 10.8. The molecule has 5 heteroatoms. The van der Waals surface area contributed by atoms with E-state index >= 15 is 0 Å². The Bertz CT molecular complexity index is 1020. The molecule has 2 aliphatic rings. The van der Waals surface area contributed by atoms with Gasteiger partial charge in [0.25, 0.3) is 5.91 Å². The smallest absolute Gasteiger partial charge is 0.257 e. The van der Waals surface area contributed by atoms with Crippen LogP contribution in [0.25, 0.3) is 10.9 Å². The van der Waals surface area contributed by atoms with Crippen LogP contribution in [0, 0.1) is 22.6 Å². The van der Waals surface area contributed by atoms with Crippen LogP contribution in [-0.4, -0.2) is 16.5 Å². The second-order valence-electron chi connectivity index (χ2n) is 9.90. The van der Waals surface area contributed by atoms with E-state index in [1.54, 1.807) is 6.20 Å². The Balaban J connectivity index is 1.73. The normalized spacial score (nSPS) is 27.5. The summed E-state index contributed by atoms with van der Waals surface area (Å²) in [6.07, 6.45) is 6.94. The number of amides is 1. The maximum absolute atomic E-state index is 13.8. The highest BCUT2D eigenvalue weighted by atomic mass is 19.1. The topological polar surface area (TPSA) is 51.1 Å². The third kappa shape index (κ3) is 3.19. The number of nitrogens with one attached hydrogen (secondary N) is 1. The van der Waals surface area contributed by atoms with Crippen LogP contribution in [0.15, 0.2) is 29.2 Å². The van der Waals surface area contributed by atoms with E-state index in [0.717, 1.165) is 25.7 Å². The second-order valence-corrected chi connectivity index (χ2v) is 9.90. The standard InChI is InChI=1S/C24H31FN2O2/c1-5-6-11-27-14-18(20(28)17-8-7-16(25)12-19(17)27)21(29)26-22-23(2,3)15-9-10-24(22,4)13-15/h7-8,12,14-15,22H,5-6,9-11,13H2,1-4H3,(H,26,29)/t15-,22+,24+/m0/s1. The van der Waals surface area contributed by atoms with Gasteiger partial charge in [-0.05, 0) is 60.6 Å². The number of carbonyl (C=O) groups is 1. The van der Waals surface area contributed by atoms with Gasteiger partial charge in [-0.15, -0.1) is 0 Å². The van der Waals surface area contributed by atoms with Crippen LogP contribution in [0.4, 0.5) is 4.39 Å². The minimum absolute atomic E-state index is 0.0177. The highest BCUT2D eigenvalue weighted by Gasteiger charge is 2.59. The van der Waals surface area contributed by atoms with Gasteiger partial charge in [0.15, 0.2) is 0 Å². The van der Waals surface area contributed by atoms with Crippen LogP contribution in [0.5, 0.6) is 0 Å². The molecule has 2 fully saturated rings. The van der Waals surface area contributed by atoms with Crippen molar-refractivity contribution >= 4 is 16.8 Å². The molecule has 2 saturated carbocycles. The molecule has 1 heterocycles. The highest BCUT2D eigenvalue weighted by Crippen LogP contribution is 2.62. The Labute approximate surface area is 171 Å². The number of pyridine rings is 1. The molecule has 29 heavy (non-hydrogen) atoms. The molecule has 2 aliphatic carbocycles. The molecular weight excluding hydrogens is 367 g/mol. The zero-order chi connectivity index (χ0) is 21.0. The summed E-state index contributed by atoms with van der Waals surface area (Å²) in [7, 11) is 0. The minimum Gasteiger partial charge on any atom is -0.348 e. The second kappa shape index (κ2) is 6.96. The zero-order valence-electron chi connectivity index (χ0n) is 17.8. The van der Waals surface area contributed by atoms with Gasteiger partial charge >= 0.3 is 0 Å². The Morgan fingerprint density at radius 2 is 2.07 bits per heavy atom. The zero-order valence-corrected chi connectivity index (χ0v) is 17.8. The lowest BCUT2D eigenvalue weighted by Crippen LogP contribution is -2.53. The predicted molar refractivity (Wildman–Crippen MR) is 114 cm³/mol. The highest BCUT2D eigenvalue weighted by molar-refractivity contribution is 5.97. The number of aryl methyl sites for hydroxylation is 1. The minimum atomic E-state index is -0.379. The van der Waals surface area contributed by atoms with Gasteiger partial charge in [-0.1, -0.05) is 34.1 Å². The summed E-state index contributed by atoms with van der Waals surface area (Å²) in [5, 5.41) is 3.63. The van der Waals surface area contributed by atoms with Crippen molar-refractivity contribution < 1.29 is 9.18 Å². The first-order valence-corrected chi connectivity index (χ1v) is 10.8. The average molecular weight is 399 g/mol. The van der Waals surface area contributed by atoms with Gasteiger partial charge in [-0.3, -0.25) is 9.59 Å². The van der Waals surface area contributed by atoms with Crippen molar-refractivity contribution in [1.29, 1.82) is 0 Å². The molecule has 2 bridgehead atoms. The number of carbonyl (C=O) groups excluding carboxylic acids is 1. The number of hydrogen-bond donors (Lipinski definition) is 1. The molecule has 4 rings (SSSR count). The van der Waals surface area contributed by atoms with E-state index in [2.05, 4.69) is 33.0 Å². The van der Waals surface area contributed by atoms with Crippen molar-refractivity contribution in [3.8, 4) is 0 Å². The molecule has 0 unspecified atom stereocenters. The van der Waals surface area contributed by atoms with Gasteiger partial charge in [0.2, 0.25) is 5.43 Å². The van der Waals surface area contributed by atoms with Crippen LogP contribution >= 0.6 is 0 Å². The summed E-state index contributed by atoms with van der Waals surface area (Å²) in [5.74, 6) is -0.0760. The van der Waals surface area contributed by atoms with Gasteiger partial charge in [0, 0.05) is 24.2 Å². The van der Waals surface area contributed by atoms with Crippen LogP contribution in [0.2, 0.25) is 0 Å². The lowest BCUT2D eigenvalue weighted by molar-refractivity contribution is 0.0736. The van der Waals surface area contributed by atoms with Gasteiger partial charge in [-0.25, -0.2) is 4.39 Å². The number of aromatic nitrogens is 1. The fourth-order valence-electron chi connectivity index (χ4n) is 5.91. The molecule has 4 nitrogen and oxygen atoms in total. The molecule has 1 N–H and O–H groups in total. The van der Waals surface area contributed by atoms with Crippen LogP contribution < -0.4 is 10.7 Å². The first kappa shape index (κ1) is 20.1. The first-order chi connectivity index (χ1) is 13.7. The summed E-state index contributed by atoms with van der Waals surface area (Å²) < 4.78 is 15.7. The lowest BCUT2D eigenvalue weighted by Gasteiger charge is -2.43. The van der Waals surface area contributed by atoms with Crippen LogP contribution in [0.3, 0.4) is 0 Å². The Morgan fingerprint density at radius 1 is 1.31 bits per heavy atom. The van der Waals surface area contributed by atoms with Gasteiger partial charge < -0.3 is 9.88 Å². The number of rotatable bonds is 5. The molecule has 0 radical (unpaired) electrons. The Morgan fingerprint density at radius 3 is 2.72 bits per heavy atom. The molecule has 3 atom stereocenters. The summed E-state index contributed by atoms with van der Waals surface area (Å²) in [5.41, 5.74) is 0.487. The monoisotopic (exact) mass is 398 g/mol. The third-order valence-electron chi connectivity index (χ3n) is 7.59. The van der Waals surface area contributed by atoms with Crippen molar-refractivity contribution in [2.75, 3.05) is 0 Å². The predicted octanol–water partition coefficient (Wildman–Crippen LogP) is 4.89. The summed E-state index contributed by atoms with van der Waals surface area (Å²) >= 11 is 0. The molecule has 0 aliphatic heterocycles. The van der Waals surface area contributed by atoms with E-state index in [4.69, 9.17) is 0 Å². The molecule has 0 spiro atoms. The molecule has 1 aromatic heterocycles. The maximum Gasteiger partial charge on any atom is 0.257 e. The van der Waals surface area contributed by atoms with Gasteiger partial charge in [-0.2, -0.15) is 0 Å². The van der Waals surface area contributed by atoms with Crippen molar-refractivity contribution in [3.05, 3.63) is 46.0 Å². The summed E-state index contributed by atoms with van der Waals surface area (Å²) in [6, 6.07) is 4.22. The van der Waals surface area contributed by atoms with Crippen molar-refractivity contribution in [2.24, 2.45) is 16.7 Å². The van der Waals surface area contributed by atoms with Crippen molar-refractivity contribution in [3.63, 3.8) is 0 Å². The molecule has 1 aromatic carbocycles. The molecular formula is C24H31FN2O2. The number of benzene rings is 1. The Kier molecular flexibility index (Phi) is 4.83. The van der Waals surface area contributed by atoms with Gasteiger partial charge in [0.05, 0.1) is 5.52 Å². The molecule has 0 saturated heterocycles. The fourth-order valence-corrected chi connectivity index (χ4v) is 5.91. The van der Waals surface area contributed by atoms with E-state index in [-0.39, 0.29) is 39.6 Å². The molecule has 1 amide bonds. The molecule has 156 valence electrons. The average Bonchev–Trinajstić information content (AvgIpc) is 3.15. The van der Waals surface area contributed by atoms with Crippen molar-refractivity contribution in [1.82, 2.24) is 9.88 Å². The molecule has 2 aromatic rings. The third-order valence-corrected chi connectivity index (χ3v) is 7.59. The largest absolute Gasteiger partial charge is 0.348 e. The summed E-state index contributed by atoms with van der Waals surface area (Å²) in [6.45, 7) is 9.45. The van der Waals surface area contributed by atoms with E-state index in [0.29, 0.717) is 23.4 Å². The van der Waals surface area contributed by atoms with Crippen LogP contribution in [-0.2, 0) is 6.54 Å². The number of halogens is 1. The number of fused-ring (bicyclic) bond motifs is 3.